The minimum atomic E-state index is -0.367. The molecule has 0 saturated heterocycles. The molecule has 0 bridgehead atoms. The first-order chi connectivity index (χ1) is 11.2. The van der Waals surface area contributed by atoms with Crippen LogP contribution in [0.5, 0.6) is 0 Å². The number of nitrogens with zero attached hydrogens (tertiary/aromatic N) is 1. The van der Waals surface area contributed by atoms with Crippen LogP contribution in [0.4, 0.5) is 0 Å². The first-order valence-electron chi connectivity index (χ1n) is 8.22. The third-order valence-electron chi connectivity index (χ3n) is 4.11. The molecule has 6 heteroatoms. The van der Waals surface area contributed by atoms with E-state index in [-0.39, 0.29) is 30.3 Å². The highest BCUT2D eigenvalue weighted by molar-refractivity contribution is 6.30. The molecule has 1 rings (SSSR count). The molecule has 0 fully saturated rings. The number of rotatable bonds is 8. The fourth-order valence-electron chi connectivity index (χ4n) is 2.32. The average molecular weight is 354 g/mol. The molecule has 2 atom stereocenters. The highest BCUT2D eigenvalue weighted by Gasteiger charge is 2.20. The van der Waals surface area contributed by atoms with Gasteiger partial charge in [-0.2, -0.15) is 0 Å². The summed E-state index contributed by atoms with van der Waals surface area (Å²) in [6.07, 6.45) is 0.959. The van der Waals surface area contributed by atoms with Gasteiger partial charge in [0.25, 0.3) is 0 Å². The third kappa shape index (κ3) is 6.89. The molecule has 3 N–H and O–H groups in total. The van der Waals surface area contributed by atoms with Gasteiger partial charge in [-0.25, -0.2) is 0 Å². The van der Waals surface area contributed by atoms with Crippen LogP contribution in [0.2, 0.25) is 5.02 Å². The summed E-state index contributed by atoms with van der Waals surface area (Å²) in [5.74, 6) is 0.182. The summed E-state index contributed by atoms with van der Waals surface area (Å²) in [6.45, 7) is 6.18. The van der Waals surface area contributed by atoms with Crippen molar-refractivity contribution in [3.05, 3.63) is 34.9 Å². The van der Waals surface area contributed by atoms with E-state index >= 15 is 0 Å². The molecule has 0 aliphatic carbocycles. The molecule has 24 heavy (non-hydrogen) atoms. The molecular weight excluding hydrogens is 326 g/mol. The average Bonchev–Trinajstić information content (AvgIpc) is 2.51. The summed E-state index contributed by atoms with van der Waals surface area (Å²) in [6, 6.07) is 6.86. The molecule has 0 saturated carbocycles. The largest absolute Gasteiger partial charge is 0.349 e. The van der Waals surface area contributed by atoms with E-state index in [2.05, 4.69) is 19.2 Å². The molecule has 134 valence electrons. The zero-order chi connectivity index (χ0) is 18.3. The smallest absolute Gasteiger partial charge is 0.224 e. The van der Waals surface area contributed by atoms with Gasteiger partial charge in [0.15, 0.2) is 0 Å². The van der Waals surface area contributed by atoms with E-state index in [1.807, 2.05) is 12.1 Å². The van der Waals surface area contributed by atoms with Crippen LogP contribution in [0.3, 0.4) is 0 Å². The molecule has 1 aromatic rings. The van der Waals surface area contributed by atoms with Crippen LogP contribution < -0.4 is 11.1 Å². The maximum absolute atomic E-state index is 12.5. The number of nitrogens with two attached hydrogens (primary N) is 1. The summed E-state index contributed by atoms with van der Waals surface area (Å²) >= 11 is 5.90. The predicted octanol–water partition coefficient (Wildman–Crippen LogP) is 2.74. The van der Waals surface area contributed by atoms with Crippen molar-refractivity contribution < 1.29 is 9.59 Å². The van der Waals surface area contributed by atoms with Crippen molar-refractivity contribution >= 4 is 23.4 Å². The summed E-state index contributed by atoms with van der Waals surface area (Å²) in [5, 5.41) is 3.45. The minimum Gasteiger partial charge on any atom is -0.349 e. The molecule has 0 aliphatic heterocycles. The fraction of sp³-hybridized carbons (Fsp3) is 0.556. The quantitative estimate of drug-likeness (QED) is 0.754. The SMILES string of the molecule is CC(=O)NC(CC(=O)N(C)CCC(N)C(C)C)c1ccc(Cl)cc1. The second kappa shape index (κ2) is 9.64. The fourth-order valence-corrected chi connectivity index (χ4v) is 2.45. The van der Waals surface area contributed by atoms with E-state index in [9.17, 15) is 9.59 Å². The Balaban J connectivity index is 2.70. The predicted molar refractivity (Wildman–Crippen MR) is 97.7 cm³/mol. The summed E-state index contributed by atoms with van der Waals surface area (Å²) in [7, 11) is 1.77. The van der Waals surface area contributed by atoms with Crippen LogP contribution in [0, 0.1) is 5.92 Å². The Morgan fingerprint density at radius 1 is 1.25 bits per heavy atom. The van der Waals surface area contributed by atoms with Crippen molar-refractivity contribution in [3.63, 3.8) is 0 Å². The molecule has 2 unspecified atom stereocenters. The zero-order valence-electron chi connectivity index (χ0n) is 14.9. The Bertz CT molecular complexity index is 546. The number of carbonyl (C=O) groups is 2. The highest BCUT2D eigenvalue weighted by Crippen LogP contribution is 2.20. The molecular formula is C18H28ClN3O2. The standard InChI is InChI=1S/C18H28ClN3O2/c1-12(2)16(20)9-10-22(4)18(24)11-17(21-13(3)23)14-5-7-15(19)8-6-14/h5-8,12,16-17H,9-11,20H2,1-4H3,(H,21,23). The van der Waals surface area contributed by atoms with Gasteiger partial charge < -0.3 is 16.0 Å². The second-order valence-electron chi connectivity index (χ2n) is 6.52. The maximum atomic E-state index is 12.5. The van der Waals surface area contributed by atoms with Crippen LogP contribution in [0.15, 0.2) is 24.3 Å². The number of carbonyl (C=O) groups excluding carboxylic acids is 2. The lowest BCUT2D eigenvalue weighted by molar-refractivity contribution is -0.130. The van der Waals surface area contributed by atoms with Gasteiger partial charge in [-0.1, -0.05) is 37.6 Å². The Hall–Kier alpha value is -1.59. The zero-order valence-corrected chi connectivity index (χ0v) is 15.6. The molecule has 2 amide bonds. The van der Waals surface area contributed by atoms with Gasteiger partial charge >= 0.3 is 0 Å². The van der Waals surface area contributed by atoms with Crippen LogP contribution in [-0.4, -0.2) is 36.3 Å². The molecule has 1 aromatic carbocycles. The number of hydrogen-bond acceptors (Lipinski definition) is 3. The van der Waals surface area contributed by atoms with Gasteiger partial charge in [0.2, 0.25) is 11.8 Å². The number of nitrogens with one attached hydrogen (secondary N) is 1. The van der Waals surface area contributed by atoms with Crippen LogP contribution >= 0.6 is 11.6 Å². The van der Waals surface area contributed by atoms with E-state index in [1.54, 1.807) is 24.1 Å². The van der Waals surface area contributed by atoms with Crippen LogP contribution in [0.25, 0.3) is 0 Å². The summed E-state index contributed by atoms with van der Waals surface area (Å²) < 4.78 is 0. The van der Waals surface area contributed by atoms with E-state index in [4.69, 9.17) is 17.3 Å². The monoisotopic (exact) mass is 353 g/mol. The lowest BCUT2D eigenvalue weighted by atomic mass is 10.0. The van der Waals surface area contributed by atoms with Gasteiger partial charge in [-0.05, 0) is 30.0 Å². The van der Waals surface area contributed by atoms with Gasteiger partial charge in [-0.15, -0.1) is 0 Å². The van der Waals surface area contributed by atoms with Gasteiger partial charge in [-0.3, -0.25) is 9.59 Å². The third-order valence-corrected chi connectivity index (χ3v) is 4.36. The number of benzene rings is 1. The molecule has 0 aromatic heterocycles. The maximum Gasteiger partial charge on any atom is 0.224 e. The normalized spacial score (nSPS) is 13.5. The lowest BCUT2D eigenvalue weighted by Gasteiger charge is -2.24. The summed E-state index contributed by atoms with van der Waals surface area (Å²) in [5.41, 5.74) is 6.89. The highest BCUT2D eigenvalue weighted by atomic mass is 35.5. The van der Waals surface area contributed by atoms with Gasteiger partial charge in [0.05, 0.1) is 12.5 Å². The number of hydrogen-bond donors (Lipinski definition) is 2. The number of amides is 2. The first-order valence-corrected chi connectivity index (χ1v) is 8.60. The first kappa shape index (κ1) is 20.5. The van der Waals surface area contributed by atoms with Crippen LogP contribution in [0.1, 0.15) is 45.2 Å². The van der Waals surface area contributed by atoms with Crippen molar-refractivity contribution in [1.29, 1.82) is 0 Å². The molecule has 0 aliphatic rings. The molecule has 5 nitrogen and oxygen atoms in total. The van der Waals surface area contributed by atoms with E-state index < -0.39 is 0 Å². The van der Waals surface area contributed by atoms with Crippen molar-refractivity contribution in [3.8, 4) is 0 Å². The van der Waals surface area contributed by atoms with Crippen molar-refractivity contribution in [1.82, 2.24) is 10.2 Å². The van der Waals surface area contributed by atoms with E-state index in [0.717, 1.165) is 12.0 Å². The number of halogens is 1. The van der Waals surface area contributed by atoms with Crippen LogP contribution in [-0.2, 0) is 9.59 Å². The minimum absolute atomic E-state index is 0.0281. The Labute approximate surface area is 149 Å². The molecule has 0 spiro atoms. The Kier molecular flexibility index (Phi) is 8.22. The van der Waals surface area contributed by atoms with Gasteiger partial charge in [0.1, 0.15) is 0 Å². The molecule has 0 heterocycles. The van der Waals surface area contributed by atoms with Crippen molar-refractivity contribution in [2.45, 2.75) is 45.7 Å². The molecule has 0 radical (unpaired) electrons. The van der Waals surface area contributed by atoms with E-state index in [0.29, 0.717) is 17.5 Å². The topological polar surface area (TPSA) is 75.4 Å². The van der Waals surface area contributed by atoms with E-state index in [1.165, 1.54) is 6.92 Å². The van der Waals surface area contributed by atoms with Gasteiger partial charge in [0, 0.05) is 31.6 Å². The second-order valence-corrected chi connectivity index (χ2v) is 6.96. The van der Waals surface area contributed by atoms with Crippen molar-refractivity contribution in [2.24, 2.45) is 11.7 Å². The van der Waals surface area contributed by atoms with Crippen molar-refractivity contribution in [2.75, 3.05) is 13.6 Å². The Morgan fingerprint density at radius 2 is 1.83 bits per heavy atom. The summed E-state index contributed by atoms with van der Waals surface area (Å²) in [4.78, 5) is 25.6. The lowest BCUT2D eigenvalue weighted by Crippen LogP contribution is -2.37. The Morgan fingerprint density at radius 3 is 2.33 bits per heavy atom.